The largest absolute Gasteiger partial charge is 0.503 e. The molecule has 0 bridgehead atoms. The molecule has 3 nitrogen and oxygen atoms in total. The van der Waals surface area contributed by atoms with E-state index in [0.717, 1.165) is 6.07 Å². The summed E-state index contributed by atoms with van der Waals surface area (Å²) >= 11 is 10.8. The van der Waals surface area contributed by atoms with Gasteiger partial charge in [0, 0.05) is 10.7 Å². The molecule has 0 spiro atoms. The lowest BCUT2D eigenvalue weighted by Gasteiger charge is -2.12. The summed E-state index contributed by atoms with van der Waals surface area (Å²) in [5, 5.41) is 15.4. The second-order valence-corrected chi connectivity index (χ2v) is 4.69. The van der Waals surface area contributed by atoms with Crippen molar-refractivity contribution in [2.75, 3.05) is 10.6 Å². The summed E-state index contributed by atoms with van der Waals surface area (Å²) in [6.07, 6.45) is 0. The molecule has 2 rings (SSSR count). The van der Waals surface area contributed by atoms with Gasteiger partial charge in [-0.1, -0.05) is 17.7 Å². The Morgan fingerprint density at radius 1 is 1.15 bits per heavy atom. The van der Waals surface area contributed by atoms with Gasteiger partial charge in [0.2, 0.25) is 5.82 Å². The Labute approximate surface area is 124 Å². The lowest BCUT2D eigenvalue weighted by atomic mass is 10.2. The average molecular weight is 315 g/mol. The SMILES string of the molecule is Oc1c(NC(=S)Nc2cccc(Cl)c2)ccc(F)c1F. The van der Waals surface area contributed by atoms with Crippen LogP contribution in [0.1, 0.15) is 0 Å². The third-order valence-electron chi connectivity index (χ3n) is 2.40. The highest BCUT2D eigenvalue weighted by atomic mass is 35.5. The van der Waals surface area contributed by atoms with Crippen LogP contribution in [0.5, 0.6) is 5.75 Å². The Morgan fingerprint density at radius 2 is 1.90 bits per heavy atom. The van der Waals surface area contributed by atoms with Gasteiger partial charge in [-0.2, -0.15) is 4.39 Å². The predicted octanol–water partition coefficient (Wildman–Crippen LogP) is 4.13. The Morgan fingerprint density at radius 3 is 2.60 bits per heavy atom. The first-order valence-electron chi connectivity index (χ1n) is 5.48. The van der Waals surface area contributed by atoms with E-state index >= 15 is 0 Å². The first-order valence-corrected chi connectivity index (χ1v) is 6.26. The fourth-order valence-electron chi connectivity index (χ4n) is 1.49. The first-order chi connectivity index (χ1) is 9.47. The van der Waals surface area contributed by atoms with E-state index in [0.29, 0.717) is 10.7 Å². The number of benzene rings is 2. The second-order valence-electron chi connectivity index (χ2n) is 3.85. The molecule has 20 heavy (non-hydrogen) atoms. The zero-order valence-electron chi connectivity index (χ0n) is 9.95. The van der Waals surface area contributed by atoms with Gasteiger partial charge in [-0.15, -0.1) is 0 Å². The molecule has 2 aromatic carbocycles. The summed E-state index contributed by atoms with van der Waals surface area (Å²) in [7, 11) is 0. The summed E-state index contributed by atoms with van der Waals surface area (Å²) in [5.74, 6) is -3.30. The van der Waals surface area contributed by atoms with Crippen molar-refractivity contribution in [3.8, 4) is 5.75 Å². The molecule has 0 aliphatic rings. The van der Waals surface area contributed by atoms with E-state index in [1.54, 1.807) is 24.3 Å². The van der Waals surface area contributed by atoms with Gasteiger partial charge in [0.05, 0.1) is 5.69 Å². The summed E-state index contributed by atoms with van der Waals surface area (Å²) in [4.78, 5) is 0. The molecule has 0 saturated carbocycles. The highest BCUT2D eigenvalue weighted by molar-refractivity contribution is 7.80. The molecule has 0 unspecified atom stereocenters. The van der Waals surface area contributed by atoms with Crippen molar-refractivity contribution in [1.82, 2.24) is 0 Å². The van der Waals surface area contributed by atoms with Crippen LogP contribution in [0.25, 0.3) is 0 Å². The van der Waals surface area contributed by atoms with Crippen molar-refractivity contribution in [1.29, 1.82) is 0 Å². The van der Waals surface area contributed by atoms with Crippen LogP contribution in [0.15, 0.2) is 36.4 Å². The number of rotatable bonds is 2. The lowest BCUT2D eigenvalue weighted by Crippen LogP contribution is -2.19. The van der Waals surface area contributed by atoms with Gasteiger partial charge in [0.25, 0.3) is 0 Å². The van der Waals surface area contributed by atoms with Crippen LogP contribution in [0.2, 0.25) is 5.02 Å². The molecule has 0 atom stereocenters. The molecule has 0 saturated heterocycles. The molecule has 0 radical (unpaired) electrons. The summed E-state index contributed by atoms with van der Waals surface area (Å²) in [6.45, 7) is 0. The highest BCUT2D eigenvalue weighted by Gasteiger charge is 2.13. The fourth-order valence-corrected chi connectivity index (χ4v) is 1.91. The number of aromatic hydroxyl groups is 1. The molecule has 0 heterocycles. The molecule has 7 heteroatoms. The number of anilines is 2. The molecule has 0 fully saturated rings. The van der Waals surface area contributed by atoms with Crippen molar-refractivity contribution in [2.24, 2.45) is 0 Å². The topological polar surface area (TPSA) is 44.3 Å². The van der Waals surface area contributed by atoms with Gasteiger partial charge < -0.3 is 15.7 Å². The van der Waals surface area contributed by atoms with E-state index in [1.807, 2.05) is 0 Å². The van der Waals surface area contributed by atoms with Crippen LogP contribution in [-0.4, -0.2) is 10.2 Å². The van der Waals surface area contributed by atoms with E-state index in [4.69, 9.17) is 23.8 Å². The van der Waals surface area contributed by atoms with Gasteiger partial charge in [0.1, 0.15) is 0 Å². The normalized spacial score (nSPS) is 10.2. The second kappa shape index (κ2) is 6.02. The number of hydrogen-bond donors (Lipinski definition) is 3. The van der Waals surface area contributed by atoms with Crippen molar-refractivity contribution < 1.29 is 13.9 Å². The Hall–Kier alpha value is -1.92. The Bertz CT molecular complexity index is 667. The van der Waals surface area contributed by atoms with E-state index in [1.165, 1.54) is 6.07 Å². The third kappa shape index (κ3) is 3.34. The minimum absolute atomic E-state index is 0.0385. The van der Waals surface area contributed by atoms with Crippen molar-refractivity contribution in [2.45, 2.75) is 0 Å². The van der Waals surface area contributed by atoms with E-state index in [9.17, 15) is 13.9 Å². The third-order valence-corrected chi connectivity index (χ3v) is 2.84. The molecule has 0 aromatic heterocycles. The fraction of sp³-hybridized carbons (Fsp3) is 0. The number of thiocarbonyl (C=S) groups is 1. The summed E-state index contributed by atoms with van der Waals surface area (Å²) in [6, 6.07) is 8.86. The quantitative estimate of drug-likeness (QED) is 0.576. The number of phenols is 1. The monoisotopic (exact) mass is 314 g/mol. The van der Waals surface area contributed by atoms with Crippen LogP contribution in [0, 0.1) is 11.6 Å². The van der Waals surface area contributed by atoms with Crippen molar-refractivity contribution in [3.63, 3.8) is 0 Å². The zero-order chi connectivity index (χ0) is 14.7. The molecular formula is C13H9ClF2N2OS. The molecule has 104 valence electrons. The van der Waals surface area contributed by atoms with Gasteiger partial charge in [-0.3, -0.25) is 0 Å². The maximum atomic E-state index is 13.2. The maximum Gasteiger partial charge on any atom is 0.202 e. The summed E-state index contributed by atoms with van der Waals surface area (Å²) in [5.41, 5.74) is 0.584. The molecule has 0 aliphatic heterocycles. The molecule has 0 aliphatic carbocycles. The lowest BCUT2D eigenvalue weighted by molar-refractivity contribution is 0.409. The van der Waals surface area contributed by atoms with Crippen LogP contribution < -0.4 is 10.6 Å². The van der Waals surface area contributed by atoms with Crippen molar-refractivity contribution in [3.05, 3.63) is 53.1 Å². The molecular weight excluding hydrogens is 306 g/mol. The van der Waals surface area contributed by atoms with Gasteiger partial charge in [-0.25, -0.2) is 4.39 Å². The summed E-state index contributed by atoms with van der Waals surface area (Å²) < 4.78 is 26.0. The molecule has 2 aromatic rings. The molecule has 0 amide bonds. The number of phenolic OH excluding ortho intramolecular Hbond substituents is 1. The van der Waals surface area contributed by atoms with E-state index in [2.05, 4.69) is 10.6 Å². The number of hydrogen-bond acceptors (Lipinski definition) is 2. The zero-order valence-corrected chi connectivity index (χ0v) is 11.5. The first kappa shape index (κ1) is 14.5. The highest BCUT2D eigenvalue weighted by Crippen LogP contribution is 2.28. The van der Waals surface area contributed by atoms with Crippen molar-refractivity contribution >= 4 is 40.3 Å². The average Bonchev–Trinajstić information content (AvgIpc) is 2.39. The van der Waals surface area contributed by atoms with Gasteiger partial charge >= 0.3 is 0 Å². The minimum Gasteiger partial charge on any atom is -0.503 e. The minimum atomic E-state index is -1.33. The van der Waals surface area contributed by atoms with Crippen LogP contribution in [0.3, 0.4) is 0 Å². The molecule has 3 N–H and O–H groups in total. The van der Waals surface area contributed by atoms with Crippen LogP contribution in [0.4, 0.5) is 20.2 Å². The Kier molecular flexibility index (Phi) is 4.36. The predicted molar refractivity (Wildman–Crippen MR) is 79.3 cm³/mol. The Balaban J connectivity index is 2.11. The number of halogens is 3. The van der Waals surface area contributed by atoms with Gasteiger partial charge in [0.15, 0.2) is 16.7 Å². The smallest absolute Gasteiger partial charge is 0.202 e. The number of nitrogens with one attached hydrogen (secondary N) is 2. The van der Waals surface area contributed by atoms with Gasteiger partial charge in [-0.05, 0) is 42.5 Å². The van der Waals surface area contributed by atoms with Crippen LogP contribution in [-0.2, 0) is 0 Å². The van der Waals surface area contributed by atoms with E-state index in [-0.39, 0.29) is 10.8 Å². The van der Waals surface area contributed by atoms with Crippen LogP contribution >= 0.6 is 23.8 Å². The standard InChI is InChI=1S/C13H9ClF2N2OS/c14-7-2-1-3-8(6-7)17-13(20)18-10-5-4-9(15)11(16)12(10)19/h1-6,19H,(H2,17,18,20). The maximum absolute atomic E-state index is 13.2. The van der Waals surface area contributed by atoms with E-state index < -0.39 is 17.4 Å².